The molecule has 0 spiro atoms. The van der Waals surface area contributed by atoms with Gasteiger partial charge in [0.15, 0.2) is 0 Å². The highest BCUT2D eigenvalue weighted by Crippen LogP contribution is 2.27. The normalized spacial score (nSPS) is 10.3. The first-order valence-electron chi connectivity index (χ1n) is 4.89. The van der Waals surface area contributed by atoms with Gasteiger partial charge in [0.2, 0.25) is 0 Å². The van der Waals surface area contributed by atoms with E-state index in [-0.39, 0.29) is 0 Å². The molecule has 0 unspecified atom stereocenters. The summed E-state index contributed by atoms with van der Waals surface area (Å²) in [5.74, 6) is 0. The van der Waals surface area contributed by atoms with Crippen molar-refractivity contribution in [2.24, 2.45) is 0 Å². The molecule has 0 atom stereocenters. The fourth-order valence-electron chi connectivity index (χ4n) is 1.52. The third kappa shape index (κ3) is 2.17. The Morgan fingerprint density at radius 3 is 3.00 bits per heavy atom. The lowest BCUT2D eigenvalue weighted by molar-refractivity contribution is 1.33. The first-order valence-corrected chi connectivity index (χ1v) is 5.68. The molecule has 1 aromatic heterocycles. The van der Waals surface area contributed by atoms with Gasteiger partial charge < -0.3 is 11.1 Å². The van der Waals surface area contributed by atoms with Gasteiger partial charge in [0, 0.05) is 22.6 Å². The maximum Gasteiger partial charge on any atom is 0.0724 e. The molecule has 0 aliphatic rings. The first kappa shape index (κ1) is 11.0. The van der Waals surface area contributed by atoms with E-state index >= 15 is 0 Å². The average molecular weight is 278 g/mol. The zero-order chi connectivity index (χ0) is 11.5. The Morgan fingerprint density at radius 1 is 1.44 bits per heavy atom. The third-order valence-electron chi connectivity index (χ3n) is 2.30. The molecule has 0 amide bonds. The highest BCUT2D eigenvalue weighted by Gasteiger charge is 2.04. The summed E-state index contributed by atoms with van der Waals surface area (Å²) in [6.07, 6.45) is 1.76. The number of nitrogen functional groups attached to an aromatic ring is 1. The van der Waals surface area contributed by atoms with Crippen molar-refractivity contribution in [2.45, 2.75) is 0 Å². The third-order valence-corrected chi connectivity index (χ3v) is 2.58. The van der Waals surface area contributed by atoms with Crippen LogP contribution >= 0.6 is 15.9 Å². The average Bonchev–Trinajstić information content (AvgIpc) is 2.28. The molecule has 0 bridgehead atoms. The van der Waals surface area contributed by atoms with Crippen molar-refractivity contribution < 1.29 is 0 Å². The van der Waals surface area contributed by atoms with Crippen molar-refractivity contribution in [3.63, 3.8) is 0 Å². The van der Waals surface area contributed by atoms with Gasteiger partial charge in [-0.25, -0.2) is 0 Å². The van der Waals surface area contributed by atoms with E-state index in [0.717, 1.165) is 26.8 Å². The minimum atomic E-state index is 0.649. The predicted octanol–water partition coefficient (Wildman–Crippen LogP) is 3.14. The summed E-state index contributed by atoms with van der Waals surface area (Å²) in [6.45, 7) is 4.41. The van der Waals surface area contributed by atoms with Gasteiger partial charge in [0.25, 0.3) is 0 Å². The van der Waals surface area contributed by atoms with Crippen molar-refractivity contribution in [3.05, 3.63) is 41.5 Å². The lowest BCUT2D eigenvalue weighted by Crippen LogP contribution is -2.04. The summed E-state index contributed by atoms with van der Waals surface area (Å²) >= 11 is 3.30. The standard InChI is InChI=1S/C12H12BrN3/c1-8(13)7-16-11-5-4-10-9(12(11)14)3-2-6-15-10/h2-6,16H,1,7,14H2. The molecule has 82 valence electrons. The van der Waals surface area contributed by atoms with Crippen LogP contribution in [-0.2, 0) is 0 Å². The summed E-state index contributed by atoms with van der Waals surface area (Å²) in [4.78, 5) is 4.24. The van der Waals surface area contributed by atoms with E-state index in [1.807, 2.05) is 24.3 Å². The molecular formula is C12H12BrN3. The van der Waals surface area contributed by atoms with Gasteiger partial charge in [0.05, 0.1) is 16.9 Å². The highest BCUT2D eigenvalue weighted by molar-refractivity contribution is 9.11. The monoisotopic (exact) mass is 277 g/mol. The second kappa shape index (κ2) is 4.53. The molecule has 1 aromatic carbocycles. The molecular weight excluding hydrogens is 266 g/mol. The lowest BCUT2D eigenvalue weighted by Gasteiger charge is -2.10. The molecule has 2 aromatic rings. The molecule has 0 saturated heterocycles. The van der Waals surface area contributed by atoms with Crippen molar-refractivity contribution >= 4 is 38.2 Å². The highest BCUT2D eigenvalue weighted by atomic mass is 79.9. The molecule has 3 nitrogen and oxygen atoms in total. The maximum absolute atomic E-state index is 6.06. The molecule has 0 fully saturated rings. The van der Waals surface area contributed by atoms with Crippen LogP contribution in [0.15, 0.2) is 41.5 Å². The van der Waals surface area contributed by atoms with Crippen LogP contribution < -0.4 is 11.1 Å². The number of rotatable bonds is 3. The number of hydrogen-bond acceptors (Lipinski definition) is 3. The second-order valence-corrected chi connectivity index (χ2v) is 4.59. The minimum absolute atomic E-state index is 0.649. The summed E-state index contributed by atoms with van der Waals surface area (Å²) in [7, 11) is 0. The number of nitrogens with one attached hydrogen (secondary N) is 1. The van der Waals surface area contributed by atoms with Crippen LogP contribution in [0.1, 0.15) is 0 Å². The van der Waals surface area contributed by atoms with E-state index in [1.165, 1.54) is 0 Å². The van der Waals surface area contributed by atoms with Crippen LogP contribution in [0, 0.1) is 0 Å². The number of benzene rings is 1. The lowest BCUT2D eigenvalue weighted by atomic mass is 10.1. The van der Waals surface area contributed by atoms with E-state index < -0.39 is 0 Å². The fraction of sp³-hybridized carbons (Fsp3) is 0.0833. The number of anilines is 2. The Balaban J connectivity index is 2.40. The van der Waals surface area contributed by atoms with E-state index in [4.69, 9.17) is 5.73 Å². The van der Waals surface area contributed by atoms with Gasteiger partial charge in [-0.3, -0.25) is 4.98 Å². The number of halogens is 1. The minimum Gasteiger partial charge on any atom is -0.397 e. The van der Waals surface area contributed by atoms with Crippen LogP contribution in [0.25, 0.3) is 10.9 Å². The van der Waals surface area contributed by atoms with E-state index in [2.05, 4.69) is 32.8 Å². The second-order valence-electron chi connectivity index (χ2n) is 3.47. The number of pyridine rings is 1. The molecule has 0 radical (unpaired) electrons. The van der Waals surface area contributed by atoms with Gasteiger partial charge in [-0.2, -0.15) is 0 Å². The first-order chi connectivity index (χ1) is 7.68. The van der Waals surface area contributed by atoms with Gasteiger partial charge in [-0.15, -0.1) is 0 Å². The Labute approximate surface area is 102 Å². The van der Waals surface area contributed by atoms with Crippen molar-refractivity contribution in [2.75, 3.05) is 17.6 Å². The van der Waals surface area contributed by atoms with Gasteiger partial charge >= 0.3 is 0 Å². The number of hydrogen-bond donors (Lipinski definition) is 2. The van der Waals surface area contributed by atoms with Crippen LogP contribution in [0.3, 0.4) is 0 Å². The predicted molar refractivity (Wildman–Crippen MR) is 72.7 cm³/mol. The number of nitrogens with zero attached hydrogens (tertiary/aromatic N) is 1. The van der Waals surface area contributed by atoms with Crippen LogP contribution in [0.5, 0.6) is 0 Å². The molecule has 4 heteroatoms. The Kier molecular flexibility index (Phi) is 3.10. The van der Waals surface area contributed by atoms with Crippen LogP contribution in [-0.4, -0.2) is 11.5 Å². The number of nitrogens with two attached hydrogens (primary N) is 1. The largest absolute Gasteiger partial charge is 0.397 e. The topological polar surface area (TPSA) is 50.9 Å². The zero-order valence-electron chi connectivity index (χ0n) is 8.70. The Morgan fingerprint density at radius 2 is 2.25 bits per heavy atom. The van der Waals surface area contributed by atoms with E-state index in [0.29, 0.717) is 6.54 Å². The van der Waals surface area contributed by atoms with E-state index in [1.54, 1.807) is 6.20 Å². The van der Waals surface area contributed by atoms with Crippen molar-refractivity contribution in [3.8, 4) is 0 Å². The fourth-order valence-corrected chi connectivity index (χ4v) is 1.66. The summed E-state index contributed by atoms with van der Waals surface area (Å²) in [5.41, 5.74) is 8.59. The molecule has 16 heavy (non-hydrogen) atoms. The summed E-state index contributed by atoms with van der Waals surface area (Å²) in [6, 6.07) is 7.73. The molecule has 1 heterocycles. The summed E-state index contributed by atoms with van der Waals surface area (Å²) in [5, 5.41) is 4.17. The number of fused-ring (bicyclic) bond motifs is 1. The van der Waals surface area contributed by atoms with Crippen LogP contribution in [0.2, 0.25) is 0 Å². The van der Waals surface area contributed by atoms with Crippen molar-refractivity contribution in [1.29, 1.82) is 0 Å². The molecule has 0 saturated carbocycles. The summed E-state index contributed by atoms with van der Waals surface area (Å²) < 4.78 is 0.887. The number of aromatic nitrogens is 1. The Hall–Kier alpha value is -1.55. The van der Waals surface area contributed by atoms with Gasteiger partial charge in [0.1, 0.15) is 0 Å². The quantitative estimate of drug-likeness (QED) is 0.848. The molecule has 0 aliphatic heterocycles. The van der Waals surface area contributed by atoms with Gasteiger partial charge in [-0.1, -0.05) is 22.5 Å². The van der Waals surface area contributed by atoms with Crippen molar-refractivity contribution in [1.82, 2.24) is 4.98 Å². The maximum atomic E-state index is 6.06. The molecule has 2 rings (SSSR count). The van der Waals surface area contributed by atoms with E-state index in [9.17, 15) is 0 Å². The van der Waals surface area contributed by atoms with Crippen LogP contribution in [0.4, 0.5) is 11.4 Å². The SMILES string of the molecule is C=C(Br)CNc1ccc2ncccc2c1N. The van der Waals surface area contributed by atoms with Gasteiger partial charge in [-0.05, 0) is 24.3 Å². The smallest absolute Gasteiger partial charge is 0.0724 e. The zero-order valence-corrected chi connectivity index (χ0v) is 10.3. The Bertz CT molecular complexity index is 537. The molecule has 0 aliphatic carbocycles. The molecule has 3 N–H and O–H groups in total.